The molecule has 0 aromatic heterocycles. The average Bonchev–Trinajstić information content (AvgIpc) is 3.21. The van der Waals surface area contributed by atoms with E-state index in [9.17, 15) is 39.6 Å². The number of hydrogen-bond donors (Lipinski definition) is 5. The number of phenolic OH excluding ortho intramolecular Hbond substituents is 2. The van der Waals surface area contributed by atoms with Gasteiger partial charge in [0.05, 0.1) is 16.1 Å². The molecular formula is C51H43NO10S2. The molecule has 5 N–H and O–H groups in total. The zero-order valence-electron chi connectivity index (χ0n) is 35.7. The van der Waals surface area contributed by atoms with Crippen molar-refractivity contribution in [2.45, 2.75) is 48.0 Å². The maximum atomic E-state index is 12.3. The minimum Gasteiger partial charge on any atom is -0.508 e. The van der Waals surface area contributed by atoms with Crippen LogP contribution >= 0.6 is 24.4 Å². The highest BCUT2D eigenvalue weighted by Gasteiger charge is 2.26. The number of aromatic hydroxyl groups is 2. The summed E-state index contributed by atoms with van der Waals surface area (Å²) in [6.45, 7) is 12.1. The Morgan fingerprint density at radius 2 is 1.06 bits per heavy atom. The molecule has 0 saturated carbocycles. The van der Waals surface area contributed by atoms with Gasteiger partial charge in [0.2, 0.25) is 0 Å². The second kappa shape index (κ2) is 17.2. The fraction of sp³-hybridized carbons (Fsp3) is 0.176. The molecule has 11 nitrogen and oxygen atoms in total. The molecular weight excluding hydrogens is 851 g/mol. The second-order valence-electron chi connectivity index (χ2n) is 17.4. The van der Waals surface area contributed by atoms with Crippen molar-refractivity contribution in [1.29, 1.82) is 0 Å². The zero-order chi connectivity index (χ0) is 46.4. The molecule has 8 rings (SSSR count). The molecule has 4 aliphatic rings. The second-order valence-corrected chi connectivity index (χ2v) is 18.3. The number of carboxylic acid groups (broad SMARTS) is 2. The van der Waals surface area contributed by atoms with Gasteiger partial charge < -0.3 is 34.6 Å². The van der Waals surface area contributed by atoms with Crippen LogP contribution in [0, 0.1) is 10.8 Å². The number of benzene rings is 6. The Hall–Kier alpha value is -7.22. The van der Waals surface area contributed by atoms with E-state index in [4.69, 9.17) is 33.3 Å². The van der Waals surface area contributed by atoms with E-state index in [0.29, 0.717) is 83.9 Å². The summed E-state index contributed by atoms with van der Waals surface area (Å²) < 4.78 is 11.7. The van der Waals surface area contributed by atoms with Gasteiger partial charge in [0.1, 0.15) is 34.2 Å². The fourth-order valence-electron chi connectivity index (χ4n) is 7.18. The van der Waals surface area contributed by atoms with E-state index in [0.717, 1.165) is 10.4 Å². The third kappa shape index (κ3) is 9.26. The SMILES string of the molecule is CC(C)(C)C(=S)Cc1ccc(-c2c3ccc(=O)cc-3oc3cc(O)ccc23)c(C(=O)O)c1.CC(C)(C)C(=S)Nc1ccc(C(=O)O)c(-c2c3ccc(=O)cc-3oc3cc(O)ccc23)c1. The number of rotatable bonds is 7. The van der Waals surface area contributed by atoms with E-state index in [1.807, 2.05) is 47.6 Å². The predicted molar refractivity (Wildman–Crippen MR) is 258 cm³/mol. The molecule has 2 aliphatic carbocycles. The van der Waals surface area contributed by atoms with Crippen LogP contribution in [0.2, 0.25) is 0 Å². The first-order valence-electron chi connectivity index (χ1n) is 20.1. The standard InChI is InChI=1S/C26H22O5S.C25H21NO5S/c1-26(2,3)23(32)11-14-4-7-17(20(10-14)25(29)30)24-18-8-5-15(27)12-21(18)31-22-13-16(28)6-9-19(22)24;1-25(2,3)24(32)26-13-4-7-16(23(29)30)19(10-13)22-17-8-5-14(27)11-20(17)31-21-12-15(28)6-9-18(21)22/h4-10,12-13,27H,11H2,1-3H3,(H,29,30);4-12,27H,1-3H3,(H,26,32)(H,29,30). The van der Waals surface area contributed by atoms with Gasteiger partial charge in [-0.1, -0.05) is 78.1 Å². The van der Waals surface area contributed by atoms with Crippen molar-refractivity contribution < 1.29 is 38.8 Å². The first-order valence-corrected chi connectivity index (χ1v) is 20.9. The number of nitrogens with one attached hydrogen (secondary N) is 1. The van der Waals surface area contributed by atoms with Gasteiger partial charge in [0, 0.05) is 79.7 Å². The van der Waals surface area contributed by atoms with E-state index in [2.05, 4.69) is 5.32 Å². The monoisotopic (exact) mass is 893 g/mol. The van der Waals surface area contributed by atoms with Crippen molar-refractivity contribution in [3.05, 3.63) is 146 Å². The zero-order valence-corrected chi connectivity index (χ0v) is 37.3. The molecule has 0 radical (unpaired) electrons. The van der Waals surface area contributed by atoms with Gasteiger partial charge in [-0.05, 0) is 94.9 Å². The lowest BCUT2D eigenvalue weighted by molar-refractivity contribution is 0.0687. The normalized spacial score (nSPS) is 11.7. The highest BCUT2D eigenvalue weighted by molar-refractivity contribution is 7.80. The number of thiocarbonyl (C=S) groups is 2. The minimum atomic E-state index is -1.09. The molecule has 2 aliphatic heterocycles. The van der Waals surface area contributed by atoms with Crippen molar-refractivity contribution in [2.75, 3.05) is 5.32 Å². The van der Waals surface area contributed by atoms with Crippen LogP contribution in [0.1, 0.15) is 67.8 Å². The Labute approximate surface area is 377 Å². The summed E-state index contributed by atoms with van der Waals surface area (Å²) in [5.74, 6) is -1.54. The van der Waals surface area contributed by atoms with Gasteiger partial charge in [0.25, 0.3) is 0 Å². The molecule has 0 bridgehead atoms. The first kappa shape index (κ1) is 44.8. The molecule has 0 atom stereocenters. The maximum Gasteiger partial charge on any atom is 0.336 e. The third-order valence-electron chi connectivity index (χ3n) is 10.6. The number of fused-ring (bicyclic) bond motifs is 4. The first-order chi connectivity index (χ1) is 30.1. The van der Waals surface area contributed by atoms with Crippen LogP contribution in [0.25, 0.3) is 66.8 Å². The highest BCUT2D eigenvalue weighted by Crippen LogP contribution is 2.44. The summed E-state index contributed by atoms with van der Waals surface area (Å²) in [5, 5.41) is 44.2. The minimum absolute atomic E-state index is 0.00534. The number of carboxylic acids is 2. The lowest BCUT2D eigenvalue weighted by Crippen LogP contribution is -2.25. The van der Waals surface area contributed by atoms with Gasteiger partial charge >= 0.3 is 11.9 Å². The lowest BCUT2D eigenvalue weighted by atomic mass is 9.86. The summed E-state index contributed by atoms with van der Waals surface area (Å²) in [7, 11) is 0. The molecule has 2 heterocycles. The average molecular weight is 894 g/mol. The van der Waals surface area contributed by atoms with Crippen LogP contribution in [-0.4, -0.2) is 42.2 Å². The lowest BCUT2D eigenvalue weighted by Gasteiger charge is -2.22. The highest BCUT2D eigenvalue weighted by atomic mass is 32.1. The van der Waals surface area contributed by atoms with Crippen molar-refractivity contribution >= 4 is 73.9 Å². The molecule has 0 saturated heterocycles. The number of hydrogen-bond acceptors (Lipinski definition) is 10. The summed E-state index contributed by atoms with van der Waals surface area (Å²) in [6, 6.07) is 28.3. The van der Waals surface area contributed by atoms with Gasteiger partial charge in [-0.2, -0.15) is 0 Å². The van der Waals surface area contributed by atoms with Gasteiger partial charge in [0.15, 0.2) is 10.9 Å². The Morgan fingerprint density at radius 1 is 0.562 bits per heavy atom. The Kier molecular flexibility index (Phi) is 12.0. The Morgan fingerprint density at radius 3 is 1.55 bits per heavy atom. The van der Waals surface area contributed by atoms with Crippen LogP contribution in [0.4, 0.5) is 5.69 Å². The van der Waals surface area contributed by atoms with Gasteiger partial charge in [-0.3, -0.25) is 9.59 Å². The third-order valence-corrected chi connectivity index (χ3v) is 12.1. The summed E-state index contributed by atoms with van der Waals surface area (Å²) in [5.41, 5.74) is 4.82. The number of phenols is 2. The van der Waals surface area contributed by atoms with E-state index in [-0.39, 0.29) is 44.3 Å². The van der Waals surface area contributed by atoms with E-state index >= 15 is 0 Å². The predicted octanol–water partition coefficient (Wildman–Crippen LogP) is 11.7. The Bertz CT molecular complexity index is 3260. The molecule has 64 heavy (non-hydrogen) atoms. The van der Waals surface area contributed by atoms with Crippen molar-refractivity contribution in [3.8, 4) is 56.4 Å². The topological polar surface area (TPSA) is 188 Å². The smallest absolute Gasteiger partial charge is 0.336 e. The van der Waals surface area contributed by atoms with Crippen LogP contribution in [-0.2, 0) is 6.42 Å². The van der Waals surface area contributed by atoms with Gasteiger partial charge in [-0.15, -0.1) is 0 Å². The van der Waals surface area contributed by atoms with E-state index in [1.54, 1.807) is 48.5 Å². The Balaban J connectivity index is 0.000000191. The van der Waals surface area contributed by atoms with Crippen LogP contribution < -0.4 is 16.2 Å². The van der Waals surface area contributed by atoms with Gasteiger partial charge in [-0.25, -0.2) is 9.59 Å². The molecule has 13 heteroatoms. The van der Waals surface area contributed by atoms with Crippen LogP contribution in [0.5, 0.6) is 11.5 Å². The van der Waals surface area contributed by atoms with Crippen molar-refractivity contribution in [3.63, 3.8) is 0 Å². The summed E-state index contributed by atoms with van der Waals surface area (Å²) in [6.07, 6.45) is 0.498. The van der Waals surface area contributed by atoms with E-state index in [1.165, 1.54) is 54.6 Å². The quantitative estimate of drug-likeness (QED) is 0.0752. The molecule has 0 unspecified atom stereocenters. The molecule has 4 aromatic rings. The molecule has 0 amide bonds. The summed E-state index contributed by atoms with van der Waals surface area (Å²) >= 11 is 11.0. The van der Waals surface area contributed by atoms with Crippen molar-refractivity contribution in [1.82, 2.24) is 0 Å². The molecule has 324 valence electrons. The largest absolute Gasteiger partial charge is 0.508 e. The number of anilines is 1. The van der Waals surface area contributed by atoms with E-state index < -0.39 is 11.9 Å². The van der Waals surface area contributed by atoms with Crippen LogP contribution in [0.3, 0.4) is 0 Å². The maximum absolute atomic E-state index is 12.3. The molecule has 0 fully saturated rings. The fourth-order valence-corrected chi connectivity index (χ4v) is 7.46. The van der Waals surface area contributed by atoms with Crippen LogP contribution in [0.15, 0.2) is 128 Å². The van der Waals surface area contributed by atoms with Crippen molar-refractivity contribution in [2.24, 2.45) is 10.8 Å². The molecule has 4 aromatic carbocycles. The number of carbonyl (C=O) groups is 2. The molecule has 0 spiro atoms. The number of aromatic carboxylic acids is 2. The summed E-state index contributed by atoms with van der Waals surface area (Å²) in [4.78, 5) is 49.7.